The van der Waals surface area contributed by atoms with Crippen molar-refractivity contribution in [2.45, 2.75) is 25.8 Å². The van der Waals surface area contributed by atoms with E-state index >= 15 is 0 Å². The minimum atomic E-state index is -0.122. The van der Waals surface area contributed by atoms with Crippen molar-refractivity contribution in [2.24, 2.45) is 0 Å². The molecule has 0 spiro atoms. The lowest BCUT2D eigenvalue weighted by Gasteiger charge is -2.12. The number of pyridine rings is 1. The summed E-state index contributed by atoms with van der Waals surface area (Å²) < 4.78 is 5.71. The van der Waals surface area contributed by atoms with Crippen LogP contribution in [0.3, 0.4) is 0 Å². The van der Waals surface area contributed by atoms with Crippen molar-refractivity contribution in [1.29, 1.82) is 0 Å². The highest BCUT2D eigenvalue weighted by Crippen LogP contribution is 2.20. The second-order valence-electron chi connectivity index (χ2n) is 5.53. The Morgan fingerprint density at radius 1 is 1.12 bits per heavy atom. The summed E-state index contributed by atoms with van der Waals surface area (Å²) in [4.78, 5) is 20.6. The largest absolute Gasteiger partial charge is 0.441 e. The predicted molar refractivity (Wildman–Crippen MR) is 91.1 cm³/mol. The molecule has 0 saturated heterocycles. The molecule has 2 heterocycles. The summed E-state index contributed by atoms with van der Waals surface area (Å²) in [6, 6.07) is 15.3. The van der Waals surface area contributed by atoms with Crippen LogP contribution < -0.4 is 5.32 Å². The van der Waals surface area contributed by atoms with E-state index in [0.717, 1.165) is 11.3 Å². The van der Waals surface area contributed by atoms with E-state index in [0.29, 0.717) is 24.5 Å². The quantitative estimate of drug-likeness (QED) is 0.754. The van der Waals surface area contributed by atoms with Gasteiger partial charge in [0.15, 0.2) is 11.7 Å². The Bertz CT molecular complexity index is 785. The molecule has 0 bridgehead atoms. The maximum Gasteiger partial charge on any atom is 0.221 e. The molecule has 1 amide bonds. The Hall–Kier alpha value is -2.95. The number of hydrogen-bond donors (Lipinski definition) is 1. The molecule has 0 aliphatic rings. The molecule has 1 N–H and O–H groups in total. The fourth-order valence-corrected chi connectivity index (χ4v) is 2.40. The highest BCUT2D eigenvalue weighted by atomic mass is 16.4. The molecule has 0 fully saturated rings. The van der Waals surface area contributed by atoms with E-state index in [1.165, 1.54) is 0 Å². The van der Waals surface area contributed by atoms with Crippen LogP contribution in [0.25, 0.3) is 11.3 Å². The van der Waals surface area contributed by atoms with Gasteiger partial charge in [0.1, 0.15) is 0 Å². The second-order valence-corrected chi connectivity index (χ2v) is 5.53. The molecule has 5 heteroatoms. The maximum absolute atomic E-state index is 12.1. The molecule has 3 aromatic rings. The van der Waals surface area contributed by atoms with E-state index in [2.05, 4.69) is 15.3 Å². The van der Waals surface area contributed by atoms with Gasteiger partial charge in [-0.05, 0) is 19.1 Å². The lowest BCUT2D eigenvalue weighted by molar-refractivity contribution is -0.121. The zero-order chi connectivity index (χ0) is 16.8. The monoisotopic (exact) mass is 321 g/mol. The van der Waals surface area contributed by atoms with Crippen LogP contribution in [0.15, 0.2) is 65.3 Å². The van der Waals surface area contributed by atoms with Gasteiger partial charge in [-0.25, -0.2) is 4.98 Å². The van der Waals surface area contributed by atoms with Gasteiger partial charge < -0.3 is 9.73 Å². The van der Waals surface area contributed by atoms with Gasteiger partial charge >= 0.3 is 0 Å². The molecule has 2 aromatic heterocycles. The topological polar surface area (TPSA) is 68.0 Å². The molecule has 1 unspecified atom stereocenters. The number of hydrogen-bond acceptors (Lipinski definition) is 4. The van der Waals surface area contributed by atoms with E-state index in [4.69, 9.17) is 4.42 Å². The van der Waals surface area contributed by atoms with Gasteiger partial charge in [-0.1, -0.05) is 36.4 Å². The van der Waals surface area contributed by atoms with Crippen molar-refractivity contribution >= 4 is 5.91 Å². The van der Waals surface area contributed by atoms with Crippen LogP contribution in [0.5, 0.6) is 0 Å². The van der Waals surface area contributed by atoms with Crippen molar-refractivity contribution in [1.82, 2.24) is 15.3 Å². The van der Waals surface area contributed by atoms with Crippen LogP contribution in [0.4, 0.5) is 0 Å². The zero-order valence-corrected chi connectivity index (χ0v) is 13.5. The normalized spacial score (nSPS) is 11.9. The van der Waals surface area contributed by atoms with Gasteiger partial charge in [0.05, 0.1) is 17.9 Å². The van der Waals surface area contributed by atoms with E-state index in [1.54, 1.807) is 12.4 Å². The second kappa shape index (κ2) is 7.55. The molecule has 0 saturated carbocycles. The molecule has 3 rings (SSSR count). The summed E-state index contributed by atoms with van der Waals surface area (Å²) in [5.41, 5.74) is 1.82. The Morgan fingerprint density at radius 3 is 2.67 bits per heavy atom. The third kappa shape index (κ3) is 4.07. The van der Waals surface area contributed by atoms with Crippen LogP contribution in [0.1, 0.15) is 31.0 Å². The van der Waals surface area contributed by atoms with Crippen molar-refractivity contribution in [3.63, 3.8) is 0 Å². The van der Waals surface area contributed by atoms with Crippen LogP contribution in [-0.4, -0.2) is 15.9 Å². The molecule has 24 heavy (non-hydrogen) atoms. The fraction of sp³-hybridized carbons (Fsp3) is 0.211. The first-order chi connectivity index (χ1) is 11.7. The highest BCUT2D eigenvalue weighted by Gasteiger charge is 2.12. The first kappa shape index (κ1) is 15.9. The van der Waals surface area contributed by atoms with Gasteiger partial charge in [-0.3, -0.25) is 9.78 Å². The lowest BCUT2D eigenvalue weighted by Crippen LogP contribution is -2.27. The molecule has 0 aliphatic carbocycles. The summed E-state index contributed by atoms with van der Waals surface area (Å²) in [5, 5.41) is 2.93. The summed E-state index contributed by atoms with van der Waals surface area (Å²) in [6.45, 7) is 1.92. The number of rotatable bonds is 6. The minimum Gasteiger partial charge on any atom is -0.441 e. The first-order valence-corrected chi connectivity index (χ1v) is 7.93. The van der Waals surface area contributed by atoms with E-state index in [9.17, 15) is 4.79 Å². The van der Waals surface area contributed by atoms with Crippen LogP contribution in [0.2, 0.25) is 0 Å². The molecule has 122 valence electrons. The summed E-state index contributed by atoms with van der Waals surface area (Å²) in [7, 11) is 0. The predicted octanol–water partition coefficient (Wildman–Crippen LogP) is 3.55. The number of aromatic nitrogens is 2. The number of nitrogens with one attached hydrogen (secondary N) is 1. The number of oxazole rings is 1. The molecular weight excluding hydrogens is 302 g/mol. The fourth-order valence-electron chi connectivity index (χ4n) is 2.40. The average molecular weight is 321 g/mol. The number of amides is 1. The molecule has 0 aliphatic heterocycles. The third-order valence-electron chi connectivity index (χ3n) is 3.69. The Kier molecular flexibility index (Phi) is 5.01. The van der Waals surface area contributed by atoms with Gasteiger partial charge in [-0.15, -0.1) is 0 Å². The number of aryl methyl sites for hydroxylation is 1. The van der Waals surface area contributed by atoms with Crippen LogP contribution >= 0.6 is 0 Å². The van der Waals surface area contributed by atoms with Crippen molar-refractivity contribution in [3.8, 4) is 11.3 Å². The highest BCUT2D eigenvalue weighted by molar-refractivity contribution is 5.76. The minimum absolute atomic E-state index is 0.0485. The Balaban J connectivity index is 1.53. The van der Waals surface area contributed by atoms with E-state index in [-0.39, 0.29) is 11.9 Å². The number of benzene rings is 1. The zero-order valence-electron chi connectivity index (χ0n) is 13.5. The van der Waals surface area contributed by atoms with Crippen molar-refractivity contribution in [3.05, 3.63) is 72.5 Å². The standard InChI is InChI=1S/C19H19N3O2/c1-14(16-9-5-6-12-20-16)22-18(23)10-11-19-21-13-17(24-19)15-7-3-2-4-8-15/h2-9,12-14H,10-11H2,1H3,(H,22,23). The third-order valence-corrected chi connectivity index (χ3v) is 3.69. The first-order valence-electron chi connectivity index (χ1n) is 7.93. The Morgan fingerprint density at radius 2 is 1.92 bits per heavy atom. The van der Waals surface area contributed by atoms with Gasteiger partial charge in [0, 0.05) is 24.6 Å². The maximum atomic E-state index is 12.1. The average Bonchev–Trinajstić information content (AvgIpc) is 3.10. The molecule has 5 nitrogen and oxygen atoms in total. The van der Waals surface area contributed by atoms with Crippen LogP contribution in [0, 0.1) is 0 Å². The molecule has 0 radical (unpaired) electrons. The number of nitrogens with zero attached hydrogens (tertiary/aromatic N) is 2. The molecular formula is C19H19N3O2. The van der Waals surface area contributed by atoms with Crippen LogP contribution in [-0.2, 0) is 11.2 Å². The van der Waals surface area contributed by atoms with Gasteiger partial charge in [0.25, 0.3) is 0 Å². The SMILES string of the molecule is CC(NC(=O)CCc1ncc(-c2ccccc2)o1)c1ccccn1. The summed E-state index contributed by atoms with van der Waals surface area (Å²) in [5.74, 6) is 1.23. The summed E-state index contributed by atoms with van der Waals surface area (Å²) >= 11 is 0. The number of carbonyl (C=O) groups excluding carboxylic acids is 1. The van der Waals surface area contributed by atoms with Gasteiger partial charge in [-0.2, -0.15) is 0 Å². The Labute approximate surface area is 140 Å². The van der Waals surface area contributed by atoms with Crippen molar-refractivity contribution < 1.29 is 9.21 Å². The van der Waals surface area contributed by atoms with E-state index < -0.39 is 0 Å². The molecule has 1 aromatic carbocycles. The molecule has 1 atom stereocenters. The summed E-state index contributed by atoms with van der Waals surface area (Å²) in [6.07, 6.45) is 4.20. The smallest absolute Gasteiger partial charge is 0.221 e. The van der Waals surface area contributed by atoms with Gasteiger partial charge in [0.2, 0.25) is 5.91 Å². The number of carbonyl (C=O) groups is 1. The van der Waals surface area contributed by atoms with Crippen molar-refractivity contribution in [2.75, 3.05) is 0 Å². The van der Waals surface area contributed by atoms with E-state index in [1.807, 2.05) is 55.5 Å². The lowest BCUT2D eigenvalue weighted by atomic mass is 10.2.